The second-order valence-electron chi connectivity index (χ2n) is 7.63. The lowest BCUT2D eigenvalue weighted by Crippen LogP contribution is -2.50. The van der Waals surface area contributed by atoms with Crippen LogP contribution in [0.5, 0.6) is 0 Å². The summed E-state index contributed by atoms with van der Waals surface area (Å²) in [5, 5.41) is 0. The highest BCUT2D eigenvalue weighted by molar-refractivity contribution is 5.84. The lowest BCUT2D eigenvalue weighted by Gasteiger charge is -2.41. The van der Waals surface area contributed by atoms with Crippen LogP contribution in [-0.4, -0.2) is 41.4 Å². The molecule has 1 aliphatic carbocycles. The molecule has 3 fully saturated rings. The first-order chi connectivity index (χ1) is 11.6. The summed E-state index contributed by atoms with van der Waals surface area (Å²) >= 11 is 0. The summed E-state index contributed by atoms with van der Waals surface area (Å²) in [5.41, 5.74) is -0.0216. The maximum atomic E-state index is 14.0. The summed E-state index contributed by atoms with van der Waals surface area (Å²) in [5.74, 6) is -1.53. The minimum atomic E-state index is -0.844. The van der Waals surface area contributed by atoms with Gasteiger partial charge in [-0.05, 0) is 44.7 Å². The summed E-state index contributed by atoms with van der Waals surface area (Å²) < 4.78 is 27.4. The molecule has 0 N–H and O–H groups in total. The van der Waals surface area contributed by atoms with Crippen molar-refractivity contribution in [3.05, 3.63) is 35.4 Å². The Bertz CT molecular complexity index is 646. The lowest BCUT2D eigenvalue weighted by atomic mass is 9.78. The zero-order chi connectivity index (χ0) is 16.7. The number of carbonyl (C=O) groups excluding carboxylic acids is 1. The number of amides is 1. The average molecular weight is 334 g/mol. The van der Waals surface area contributed by atoms with Gasteiger partial charge >= 0.3 is 0 Å². The van der Waals surface area contributed by atoms with Crippen LogP contribution in [0, 0.1) is 17.0 Å². The van der Waals surface area contributed by atoms with Gasteiger partial charge in [0.25, 0.3) is 0 Å². The Labute approximate surface area is 141 Å². The minimum absolute atomic E-state index is 0.138. The predicted octanol–water partition coefficient (Wildman–Crippen LogP) is 3.33. The Kier molecular flexibility index (Phi) is 4.07. The molecule has 0 radical (unpaired) electrons. The number of benzene rings is 1. The molecule has 1 amide bonds. The van der Waals surface area contributed by atoms with Crippen molar-refractivity contribution in [2.24, 2.45) is 5.41 Å². The maximum Gasteiger partial charge on any atom is 0.230 e. The fourth-order valence-corrected chi connectivity index (χ4v) is 4.53. The first-order valence-electron chi connectivity index (χ1n) is 9.05. The molecule has 1 saturated carbocycles. The van der Waals surface area contributed by atoms with Crippen molar-refractivity contribution in [2.75, 3.05) is 19.6 Å². The second kappa shape index (κ2) is 6.10. The van der Waals surface area contributed by atoms with Crippen LogP contribution in [0.2, 0.25) is 0 Å². The van der Waals surface area contributed by atoms with Crippen molar-refractivity contribution in [3.63, 3.8) is 0 Å². The van der Waals surface area contributed by atoms with E-state index in [9.17, 15) is 13.6 Å². The molecule has 0 aromatic heterocycles. The SMILES string of the molecule is O=C1N(Cc2cccc(F)c2F)CCCC12CCN(C1CCC1)C2. The van der Waals surface area contributed by atoms with Crippen LogP contribution in [0.25, 0.3) is 0 Å². The molecule has 2 heterocycles. The summed E-state index contributed by atoms with van der Waals surface area (Å²) in [4.78, 5) is 17.3. The van der Waals surface area contributed by atoms with E-state index in [1.807, 2.05) is 0 Å². The van der Waals surface area contributed by atoms with E-state index in [1.165, 1.54) is 25.3 Å². The topological polar surface area (TPSA) is 23.6 Å². The first-order valence-corrected chi connectivity index (χ1v) is 9.05. The highest BCUT2D eigenvalue weighted by Gasteiger charge is 2.49. The number of nitrogens with zero attached hydrogens (tertiary/aromatic N) is 2. The quantitative estimate of drug-likeness (QED) is 0.846. The van der Waals surface area contributed by atoms with Gasteiger partial charge in [0.1, 0.15) is 0 Å². The molecule has 24 heavy (non-hydrogen) atoms. The number of hydrogen-bond acceptors (Lipinski definition) is 2. The van der Waals surface area contributed by atoms with Crippen molar-refractivity contribution in [1.82, 2.24) is 9.80 Å². The van der Waals surface area contributed by atoms with Crippen LogP contribution >= 0.6 is 0 Å². The van der Waals surface area contributed by atoms with E-state index < -0.39 is 11.6 Å². The van der Waals surface area contributed by atoms with Crippen molar-refractivity contribution >= 4 is 5.91 Å². The highest BCUT2D eigenvalue weighted by atomic mass is 19.2. The average Bonchev–Trinajstić information content (AvgIpc) is 2.92. The number of halogens is 2. The van der Waals surface area contributed by atoms with Crippen LogP contribution < -0.4 is 0 Å². The molecule has 2 aliphatic heterocycles. The van der Waals surface area contributed by atoms with Gasteiger partial charge in [0.2, 0.25) is 5.91 Å². The van der Waals surface area contributed by atoms with E-state index in [0.29, 0.717) is 12.6 Å². The molecule has 1 aromatic rings. The van der Waals surface area contributed by atoms with Gasteiger partial charge in [0, 0.05) is 31.2 Å². The molecule has 1 atom stereocenters. The van der Waals surface area contributed by atoms with Crippen molar-refractivity contribution in [3.8, 4) is 0 Å². The number of piperidine rings is 1. The zero-order valence-electron chi connectivity index (χ0n) is 13.9. The van der Waals surface area contributed by atoms with Crippen LogP contribution in [0.3, 0.4) is 0 Å². The van der Waals surface area contributed by atoms with Crippen LogP contribution in [0.1, 0.15) is 44.1 Å². The number of hydrogen-bond donors (Lipinski definition) is 0. The Balaban J connectivity index is 1.49. The third-order valence-corrected chi connectivity index (χ3v) is 6.19. The zero-order valence-corrected chi connectivity index (χ0v) is 13.9. The molecule has 3 aliphatic rings. The van der Waals surface area contributed by atoms with Gasteiger partial charge in [-0.3, -0.25) is 9.69 Å². The monoisotopic (exact) mass is 334 g/mol. The first kappa shape index (κ1) is 16.0. The normalized spacial score (nSPS) is 28.6. The van der Waals surface area contributed by atoms with Crippen LogP contribution in [0.4, 0.5) is 8.78 Å². The Morgan fingerprint density at radius 1 is 1.12 bits per heavy atom. The van der Waals surface area contributed by atoms with E-state index in [-0.39, 0.29) is 23.4 Å². The minimum Gasteiger partial charge on any atom is -0.338 e. The third-order valence-electron chi connectivity index (χ3n) is 6.19. The van der Waals surface area contributed by atoms with Gasteiger partial charge in [-0.25, -0.2) is 8.78 Å². The molecule has 2 saturated heterocycles. The molecule has 3 nitrogen and oxygen atoms in total. The molecular weight excluding hydrogens is 310 g/mol. The van der Waals surface area contributed by atoms with Crippen molar-refractivity contribution in [2.45, 2.75) is 51.1 Å². The van der Waals surface area contributed by atoms with E-state index in [2.05, 4.69) is 4.90 Å². The molecule has 0 bridgehead atoms. The standard InChI is InChI=1S/C19H24F2N2O/c20-16-7-1-4-14(17(16)21)12-22-10-3-8-19(18(22)24)9-11-23(13-19)15-5-2-6-15/h1,4,7,15H,2-3,5-6,8-13H2. The van der Waals surface area contributed by atoms with Crippen LogP contribution in [-0.2, 0) is 11.3 Å². The Morgan fingerprint density at radius 2 is 1.96 bits per heavy atom. The van der Waals surface area contributed by atoms with Gasteiger partial charge in [-0.2, -0.15) is 0 Å². The smallest absolute Gasteiger partial charge is 0.230 e. The van der Waals surface area contributed by atoms with Crippen LogP contribution in [0.15, 0.2) is 18.2 Å². The fourth-order valence-electron chi connectivity index (χ4n) is 4.53. The van der Waals surface area contributed by atoms with E-state index >= 15 is 0 Å². The van der Waals surface area contributed by atoms with E-state index in [1.54, 1.807) is 11.0 Å². The highest BCUT2D eigenvalue weighted by Crippen LogP contribution is 2.43. The van der Waals surface area contributed by atoms with Gasteiger partial charge in [-0.1, -0.05) is 18.6 Å². The molecule has 4 rings (SSSR count). The molecule has 1 aromatic carbocycles. The van der Waals surface area contributed by atoms with Gasteiger partial charge in [-0.15, -0.1) is 0 Å². The molecule has 1 unspecified atom stereocenters. The molecule has 130 valence electrons. The third kappa shape index (κ3) is 2.63. The maximum absolute atomic E-state index is 14.0. The molecular formula is C19H24F2N2O. The van der Waals surface area contributed by atoms with Crippen molar-refractivity contribution < 1.29 is 13.6 Å². The number of carbonyl (C=O) groups is 1. The summed E-state index contributed by atoms with van der Waals surface area (Å²) in [7, 11) is 0. The van der Waals surface area contributed by atoms with Gasteiger partial charge in [0.15, 0.2) is 11.6 Å². The summed E-state index contributed by atoms with van der Waals surface area (Å²) in [6.07, 6.45) is 6.58. The second-order valence-corrected chi connectivity index (χ2v) is 7.63. The summed E-state index contributed by atoms with van der Waals surface area (Å²) in [6.45, 7) is 2.66. The molecule has 1 spiro atoms. The van der Waals surface area contributed by atoms with Crippen molar-refractivity contribution in [1.29, 1.82) is 0 Å². The lowest BCUT2D eigenvalue weighted by molar-refractivity contribution is -0.146. The molecule has 5 heteroatoms. The van der Waals surface area contributed by atoms with Gasteiger partial charge < -0.3 is 4.90 Å². The van der Waals surface area contributed by atoms with E-state index in [4.69, 9.17) is 0 Å². The number of rotatable bonds is 3. The van der Waals surface area contributed by atoms with Gasteiger partial charge in [0.05, 0.1) is 5.41 Å². The number of likely N-dealkylation sites (tertiary alicyclic amines) is 2. The summed E-state index contributed by atoms with van der Waals surface area (Å²) in [6, 6.07) is 4.85. The predicted molar refractivity (Wildman–Crippen MR) is 87.3 cm³/mol. The fraction of sp³-hybridized carbons (Fsp3) is 0.632. The largest absolute Gasteiger partial charge is 0.338 e. The van der Waals surface area contributed by atoms with E-state index in [0.717, 1.165) is 38.4 Å². The Morgan fingerprint density at radius 3 is 2.71 bits per heavy atom. The Hall–Kier alpha value is -1.49.